The monoisotopic (exact) mass is 528 g/mol. The van der Waals surface area contributed by atoms with E-state index >= 15 is 0 Å². The summed E-state index contributed by atoms with van der Waals surface area (Å²) in [7, 11) is -3.77. The number of hydrogen-bond donors (Lipinski definition) is 1. The van der Waals surface area contributed by atoms with Crippen LogP contribution in [0.2, 0.25) is 5.02 Å². The first-order chi connectivity index (χ1) is 17.2. The SMILES string of the molecule is CCS(=O)(=O)c1ncc(N(Cc2ccco2)Cc2ccc(C)o2)c(C(=O)Nc2ccc(C)c(Cl)c2)n1. The zero-order valence-corrected chi connectivity index (χ0v) is 21.6. The van der Waals surface area contributed by atoms with Gasteiger partial charge in [-0.2, -0.15) is 0 Å². The number of hydrogen-bond acceptors (Lipinski definition) is 8. The van der Waals surface area contributed by atoms with Gasteiger partial charge in [0.05, 0.1) is 37.0 Å². The number of aromatic nitrogens is 2. The molecule has 3 heterocycles. The van der Waals surface area contributed by atoms with Crippen LogP contribution < -0.4 is 10.2 Å². The molecular weight excluding hydrogens is 504 g/mol. The van der Waals surface area contributed by atoms with Crippen molar-refractivity contribution in [2.75, 3.05) is 16.0 Å². The van der Waals surface area contributed by atoms with Gasteiger partial charge < -0.3 is 19.1 Å². The molecule has 0 aliphatic heterocycles. The van der Waals surface area contributed by atoms with E-state index in [9.17, 15) is 13.2 Å². The summed E-state index contributed by atoms with van der Waals surface area (Å²) in [6, 6.07) is 12.3. The van der Waals surface area contributed by atoms with Crippen LogP contribution in [0.25, 0.3) is 0 Å². The van der Waals surface area contributed by atoms with Gasteiger partial charge in [0.15, 0.2) is 5.69 Å². The molecule has 1 N–H and O–H groups in total. The summed E-state index contributed by atoms with van der Waals surface area (Å²) >= 11 is 6.22. The van der Waals surface area contributed by atoms with Gasteiger partial charge in [0.25, 0.3) is 5.91 Å². The molecule has 0 radical (unpaired) electrons. The first-order valence-corrected chi connectivity index (χ1v) is 13.2. The van der Waals surface area contributed by atoms with E-state index in [0.29, 0.717) is 27.9 Å². The van der Waals surface area contributed by atoms with Crippen LogP contribution in [-0.4, -0.2) is 30.0 Å². The minimum absolute atomic E-state index is 0.108. The number of carbonyl (C=O) groups is 1. The Bertz CT molecular complexity index is 1480. The summed E-state index contributed by atoms with van der Waals surface area (Å²) in [5.41, 5.74) is 1.50. The van der Waals surface area contributed by atoms with Gasteiger partial charge in [-0.3, -0.25) is 4.79 Å². The van der Waals surface area contributed by atoms with Crippen LogP contribution in [0, 0.1) is 13.8 Å². The van der Waals surface area contributed by atoms with Crippen LogP contribution >= 0.6 is 11.6 Å². The van der Waals surface area contributed by atoms with Gasteiger partial charge in [0.1, 0.15) is 17.3 Å². The van der Waals surface area contributed by atoms with E-state index in [2.05, 4.69) is 15.3 Å². The number of halogens is 1. The fourth-order valence-corrected chi connectivity index (χ4v) is 4.36. The highest BCUT2D eigenvalue weighted by atomic mass is 35.5. The lowest BCUT2D eigenvalue weighted by molar-refractivity contribution is 0.102. The standard InChI is InChI=1S/C25H25ClN4O5S/c1-4-36(32,33)25-27-13-22(23(29-25)24(31)28-18-9-7-16(2)21(26)12-18)30(14-19-6-5-11-34-19)15-20-10-8-17(3)35-20/h5-13H,4,14-15H2,1-3H3,(H,28,31). The second-order valence-electron chi connectivity index (χ2n) is 8.16. The molecule has 1 amide bonds. The molecule has 0 aliphatic carbocycles. The Hall–Kier alpha value is -3.63. The molecule has 0 unspecified atom stereocenters. The zero-order chi connectivity index (χ0) is 25.9. The molecule has 0 bridgehead atoms. The molecule has 0 aliphatic rings. The van der Waals surface area contributed by atoms with E-state index in [4.69, 9.17) is 20.4 Å². The average Bonchev–Trinajstić information content (AvgIpc) is 3.52. The zero-order valence-electron chi connectivity index (χ0n) is 20.0. The molecule has 11 heteroatoms. The van der Waals surface area contributed by atoms with Crippen molar-refractivity contribution in [1.29, 1.82) is 0 Å². The van der Waals surface area contributed by atoms with Crippen molar-refractivity contribution in [3.63, 3.8) is 0 Å². The molecule has 3 aromatic heterocycles. The molecule has 1 aromatic carbocycles. The number of aryl methyl sites for hydroxylation is 2. The summed E-state index contributed by atoms with van der Waals surface area (Å²) in [6.07, 6.45) is 2.89. The van der Waals surface area contributed by atoms with Crippen LogP contribution in [0.1, 0.15) is 40.3 Å². The number of furan rings is 2. The fraction of sp³-hybridized carbons (Fsp3) is 0.240. The lowest BCUT2D eigenvalue weighted by Crippen LogP contribution is -2.27. The molecule has 188 valence electrons. The number of nitrogens with zero attached hydrogens (tertiary/aromatic N) is 3. The fourth-order valence-electron chi connectivity index (χ4n) is 3.47. The molecule has 0 spiro atoms. The Morgan fingerprint density at radius 2 is 1.89 bits per heavy atom. The topological polar surface area (TPSA) is 119 Å². The number of nitrogens with one attached hydrogen (secondary N) is 1. The van der Waals surface area contributed by atoms with Crippen molar-refractivity contribution in [2.24, 2.45) is 0 Å². The van der Waals surface area contributed by atoms with Crippen LogP contribution in [0.4, 0.5) is 11.4 Å². The Balaban J connectivity index is 1.79. The van der Waals surface area contributed by atoms with E-state index in [0.717, 1.165) is 11.3 Å². The van der Waals surface area contributed by atoms with E-state index in [1.165, 1.54) is 13.1 Å². The molecule has 0 saturated heterocycles. The number of anilines is 2. The Kier molecular flexibility index (Phi) is 7.46. The normalized spacial score (nSPS) is 11.4. The summed E-state index contributed by atoms with van der Waals surface area (Å²) < 4.78 is 36.3. The van der Waals surface area contributed by atoms with E-state index in [-0.39, 0.29) is 24.5 Å². The number of sulfone groups is 1. The second-order valence-corrected chi connectivity index (χ2v) is 10.7. The molecular formula is C25H25ClN4O5S. The first-order valence-electron chi connectivity index (χ1n) is 11.2. The maximum Gasteiger partial charge on any atom is 0.276 e. The molecule has 0 saturated carbocycles. The summed E-state index contributed by atoms with van der Waals surface area (Å²) in [5, 5.41) is 2.82. The molecule has 0 fully saturated rings. The predicted molar refractivity (Wildman–Crippen MR) is 136 cm³/mol. The highest BCUT2D eigenvalue weighted by Crippen LogP contribution is 2.27. The summed E-state index contributed by atoms with van der Waals surface area (Å²) in [4.78, 5) is 23.5. The van der Waals surface area contributed by atoms with Gasteiger partial charge in [-0.15, -0.1) is 0 Å². The van der Waals surface area contributed by atoms with Crippen LogP contribution in [0.5, 0.6) is 0 Å². The van der Waals surface area contributed by atoms with Crippen molar-refractivity contribution in [3.8, 4) is 0 Å². The van der Waals surface area contributed by atoms with Gasteiger partial charge in [-0.1, -0.05) is 24.6 Å². The van der Waals surface area contributed by atoms with Crippen molar-refractivity contribution >= 4 is 38.7 Å². The Morgan fingerprint density at radius 3 is 2.53 bits per heavy atom. The minimum Gasteiger partial charge on any atom is -0.467 e. The summed E-state index contributed by atoms with van der Waals surface area (Å²) in [6.45, 7) is 5.69. The number of amides is 1. The lowest BCUT2D eigenvalue weighted by atomic mass is 10.2. The van der Waals surface area contributed by atoms with Crippen molar-refractivity contribution in [2.45, 2.75) is 39.0 Å². The molecule has 4 rings (SSSR count). The van der Waals surface area contributed by atoms with Gasteiger partial charge in [-0.05, 0) is 55.8 Å². The van der Waals surface area contributed by atoms with E-state index in [1.807, 2.05) is 26.0 Å². The number of rotatable bonds is 9. The third kappa shape index (κ3) is 5.77. The Morgan fingerprint density at radius 1 is 1.11 bits per heavy atom. The number of benzene rings is 1. The molecule has 9 nitrogen and oxygen atoms in total. The van der Waals surface area contributed by atoms with E-state index in [1.54, 1.807) is 41.5 Å². The van der Waals surface area contributed by atoms with Gasteiger partial charge in [0.2, 0.25) is 15.0 Å². The van der Waals surface area contributed by atoms with Crippen molar-refractivity contribution in [1.82, 2.24) is 9.97 Å². The minimum atomic E-state index is -3.77. The Labute approximate surface area is 214 Å². The highest BCUT2D eigenvalue weighted by molar-refractivity contribution is 7.91. The van der Waals surface area contributed by atoms with Gasteiger partial charge in [-0.25, -0.2) is 18.4 Å². The van der Waals surface area contributed by atoms with Crippen LogP contribution in [0.15, 0.2) is 68.9 Å². The third-order valence-corrected chi connectivity index (χ3v) is 7.38. The smallest absolute Gasteiger partial charge is 0.276 e. The second kappa shape index (κ2) is 10.5. The maximum atomic E-state index is 13.4. The van der Waals surface area contributed by atoms with Crippen molar-refractivity contribution in [3.05, 3.63) is 88.5 Å². The quantitative estimate of drug-likeness (QED) is 0.295. The third-order valence-electron chi connectivity index (χ3n) is 5.46. The highest BCUT2D eigenvalue weighted by Gasteiger charge is 2.26. The van der Waals surface area contributed by atoms with Crippen LogP contribution in [-0.2, 0) is 22.9 Å². The predicted octanol–water partition coefficient (Wildman–Crippen LogP) is 5.19. The first kappa shape index (κ1) is 25.5. The molecule has 36 heavy (non-hydrogen) atoms. The number of carbonyl (C=O) groups excluding carboxylic acids is 1. The van der Waals surface area contributed by atoms with Gasteiger partial charge in [0, 0.05) is 10.7 Å². The van der Waals surface area contributed by atoms with Crippen LogP contribution in [0.3, 0.4) is 0 Å². The lowest BCUT2D eigenvalue weighted by Gasteiger charge is -2.24. The largest absolute Gasteiger partial charge is 0.467 e. The summed E-state index contributed by atoms with van der Waals surface area (Å²) in [5.74, 6) is 1.18. The van der Waals surface area contributed by atoms with E-state index < -0.39 is 20.9 Å². The maximum absolute atomic E-state index is 13.4. The van der Waals surface area contributed by atoms with Gasteiger partial charge >= 0.3 is 0 Å². The molecule has 4 aromatic rings. The van der Waals surface area contributed by atoms with Crippen molar-refractivity contribution < 1.29 is 22.0 Å². The molecule has 0 atom stereocenters. The average molecular weight is 529 g/mol.